The van der Waals surface area contributed by atoms with Crippen molar-refractivity contribution >= 4 is 22.6 Å². The van der Waals surface area contributed by atoms with Gasteiger partial charge in [-0.3, -0.25) is 4.79 Å². The summed E-state index contributed by atoms with van der Waals surface area (Å²) >= 11 is 1.56. The van der Waals surface area contributed by atoms with Crippen LogP contribution >= 0.6 is 11.5 Å². The topological polar surface area (TPSA) is 49.3 Å². The third-order valence-electron chi connectivity index (χ3n) is 5.62. The van der Waals surface area contributed by atoms with Crippen LogP contribution in [0.4, 0.5) is 5.13 Å². The lowest BCUT2D eigenvalue weighted by Crippen LogP contribution is -2.42. The van der Waals surface area contributed by atoms with Crippen molar-refractivity contribution in [3.8, 4) is 0 Å². The maximum absolute atomic E-state index is 12.3. The van der Waals surface area contributed by atoms with E-state index in [1.54, 1.807) is 11.5 Å². The molecule has 0 spiro atoms. The van der Waals surface area contributed by atoms with Crippen LogP contribution in [-0.4, -0.2) is 46.8 Å². The molecule has 5 nitrogen and oxygen atoms in total. The highest BCUT2D eigenvalue weighted by atomic mass is 32.1. The molecule has 0 N–H and O–H groups in total. The molecule has 6 heteroatoms. The summed E-state index contributed by atoms with van der Waals surface area (Å²) < 4.78 is 4.52. The number of piperidine rings is 1. The van der Waals surface area contributed by atoms with Crippen LogP contribution < -0.4 is 4.90 Å². The number of rotatable bonds is 5. The average molecular weight is 334 g/mol. The fraction of sp³-hybridized carbons (Fsp3) is 0.824. The molecule has 1 aliphatic heterocycles. The number of carbonyl (C=O) groups is 1. The summed E-state index contributed by atoms with van der Waals surface area (Å²) in [5.41, 5.74) is 0. The van der Waals surface area contributed by atoms with E-state index in [1.807, 2.05) is 11.9 Å². The van der Waals surface area contributed by atoms with Gasteiger partial charge in [-0.25, -0.2) is 4.98 Å². The monoisotopic (exact) mass is 334 g/mol. The highest BCUT2D eigenvalue weighted by molar-refractivity contribution is 7.09. The minimum Gasteiger partial charge on any atom is -0.347 e. The van der Waals surface area contributed by atoms with Crippen LogP contribution in [0.3, 0.4) is 0 Å². The molecule has 1 aromatic heterocycles. The van der Waals surface area contributed by atoms with Crippen molar-refractivity contribution in [2.24, 2.45) is 11.8 Å². The zero-order valence-corrected chi connectivity index (χ0v) is 14.7. The fourth-order valence-electron chi connectivity index (χ4n) is 3.61. The van der Waals surface area contributed by atoms with E-state index in [-0.39, 0.29) is 0 Å². The molecule has 0 unspecified atom stereocenters. The first-order chi connectivity index (χ1) is 11.2. The van der Waals surface area contributed by atoms with E-state index in [9.17, 15) is 4.79 Å². The molecule has 0 radical (unpaired) electrons. The van der Waals surface area contributed by atoms with Gasteiger partial charge in [0.05, 0.1) is 0 Å². The summed E-state index contributed by atoms with van der Waals surface area (Å²) in [5, 5.41) is 1.10. The highest BCUT2D eigenvalue weighted by Gasteiger charge is 2.31. The smallest absolute Gasteiger partial charge is 0.225 e. The van der Waals surface area contributed by atoms with Crippen LogP contribution in [0.1, 0.15) is 56.7 Å². The Kier molecular flexibility index (Phi) is 4.26. The van der Waals surface area contributed by atoms with Gasteiger partial charge in [-0.15, -0.1) is 0 Å². The van der Waals surface area contributed by atoms with Gasteiger partial charge in [0.25, 0.3) is 0 Å². The van der Waals surface area contributed by atoms with Crippen LogP contribution in [0.25, 0.3) is 0 Å². The Morgan fingerprint density at radius 3 is 2.57 bits per heavy atom. The molecule has 1 aromatic rings. The van der Waals surface area contributed by atoms with E-state index in [0.717, 1.165) is 56.3 Å². The van der Waals surface area contributed by atoms with Crippen molar-refractivity contribution in [1.82, 2.24) is 14.3 Å². The fourth-order valence-corrected chi connectivity index (χ4v) is 4.41. The second-order valence-corrected chi connectivity index (χ2v) is 8.22. The molecule has 1 amide bonds. The summed E-state index contributed by atoms with van der Waals surface area (Å²) in [5.74, 6) is 3.04. The first kappa shape index (κ1) is 15.4. The van der Waals surface area contributed by atoms with Gasteiger partial charge in [-0.1, -0.05) is 6.42 Å². The molecule has 3 fully saturated rings. The highest BCUT2D eigenvalue weighted by Crippen LogP contribution is 2.40. The van der Waals surface area contributed by atoms with Gasteiger partial charge in [-0.2, -0.15) is 4.37 Å². The summed E-state index contributed by atoms with van der Waals surface area (Å²) in [7, 11) is 1.99. The van der Waals surface area contributed by atoms with Crippen LogP contribution in [0, 0.1) is 11.8 Å². The first-order valence-electron chi connectivity index (χ1n) is 9.04. The van der Waals surface area contributed by atoms with Crippen LogP contribution in [0.2, 0.25) is 0 Å². The van der Waals surface area contributed by atoms with Crippen molar-refractivity contribution in [2.75, 3.05) is 31.6 Å². The molecule has 0 atom stereocenters. The van der Waals surface area contributed by atoms with Gasteiger partial charge in [0.1, 0.15) is 5.82 Å². The second-order valence-electron chi connectivity index (χ2n) is 7.49. The maximum Gasteiger partial charge on any atom is 0.225 e. The number of amides is 1. The predicted octanol–water partition coefficient (Wildman–Crippen LogP) is 2.89. The van der Waals surface area contributed by atoms with Crippen molar-refractivity contribution < 1.29 is 4.79 Å². The van der Waals surface area contributed by atoms with E-state index < -0.39 is 0 Å². The normalized spacial score (nSPS) is 22.9. The lowest BCUT2D eigenvalue weighted by molar-refractivity contribution is -0.137. The summed E-state index contributed by atoms with van der Waals surface area (Å²) in [6.07, 6.45) is 8.26. The van der Waals surface area contributed by atoms with E-state index in [1.165, 1.54) is 19.3 Å². The molecular weight excluding hydrogens is 308 g/mol. The quantitative estimate of drug-likeness (QED) is 0.831. The van der Waals surface area contributed by atoms with Gasteiger partial charge in [0.15, 0.2) is 0 Å². The largest absolute Gasteiger partial charge is 0.347 e. The van der Waals surface area contributed by atoms with Crippen molar-refractivity contribution in [2.45, 2.75) is 50.9 Å². The first-order valence-corrected chi connectivity index (χ1v) is 9.81. The van der Waals surface area contributed by atoms with E-state index in [0.29, 0.717) is 23.7 Å². The predicted molar refractivity (Wildman–Crippen MR) is 91.8 cm³/mol. The van der Waals surface area contributed by atoms with Gasteiger partial charge in [0.2, 0.25) is 11.0 Å². The number of carbonyl (C=O) groups excluding carboxylic acids is 1. The molecule has 2 aliphatic carbocycles. The third kappa shape index (κ3) is 3.37. The Morgan fingerprint density at radius 1 is 1.22 bits per heavy atom. The van der Waals surface area contributed by atoms with Crippen LogP contribution in [-0.2, 0) is 4.79 Å². The van der Waals surface area contributed by atoms with Crippen molar-refractivity contribution in [3.63, 3.8) is 0 Å². The number of hydrogen-bond donors (Lipinski definition) is 0. The summed E-state index contributed by atoms with van der Waals surface area (Å²) in [6.45, 7) is 3.03. The van der Waals surface area contributed by atoms with Crippen LogP contribution in [0.5, 0.6) is 0 Å². The van der Waals surface area contributed by atoms with Crippen molar-refractivity contribution in [1.29, 1.82) is 0 Å². The van der Waals surface area contributed by atoms with Crippen molar-refractivity contribution in [3.05, 3.63) is 5.82 Å². The SMILES string of the molecule is CN(CC1CCN(c2nc(C3CC3)ns2)CC1)C(=O)C1CCC1. The van der Waals surface area contributed by atoms with E-state index in [2.05, 4.69) is 9.27 Å². The minimum absolute atomic E-state index is 0.322. The van der Waals surface area contributed by atoms with Gasteiger partial charge >= 0.3 is 0 Å². The van der Waals surface area contributed by atoms with E-state index >= 15 is 0 Å². The standard InChI is InChI=1S/C17H26N4OS/c1-20(16(22)14-3-2-4-14)11-12-7-9-21(10-8-12)17-18-15(19-23-17)13-5-6-13/h12-14H,2-11H2,1H3. The van der Waals surface area contributed by atoms with Gasteiger partial charge in [0, 0.05) is 50.1 Å². The summed E-state index contributed by atoms with van der Waals surface area (Å²) in [6, 6.07) is 0. The minimum atomic E-state index is 0.322. The molecule has 4 rings (SSSR count). The average Bonchev–Trinajstić information content (AvgIpc) is 3.24. The Balaban J connectivity index is 1.25. The number of hydrogen-bond acceptors (Lipinski definition) is 5. The lowest BCUT2D eigenvalue weighted by Gasteiger charge is -2.35. The molecular formula is C17H26N4OS. The molecule has 2 heterocycles. The zero-order chi connectivity index (χ0) is 15.8. The molecule has 0 aromatic carbocycles. The summed E-state index contributed by atoms with van der Waals surface area (Å²) in [4.78, 5) is 21.3. The number of aromatic nitrogens is 2. The molecule has 2 saturated carbocycles. The third-order valence-corrected chi connectivity index (χ3v) is 6.41. The molecule has 3 aliphatic rings. The lowest BCUT2D eigenvalue weighted by atomic mass is 9.84. The van der Waals surface area contributed by atoms with Gasteiger partial charge < -0.3 is 9.80 Å². The Hall–Kier alpha value is -1.17. The second kappa shape index (κ2) is 6.38. The molecule has 23 heavy (non-hydrogen) atoms. The Morgan fingerprint density at radius 2 is 1.96 bits per heavy atom. The molecule has 0 bridgehead atoms. The Labute approximate surface area is 142 Å². The molecule has 1 saturated heterocycles. The number of nitrogens with zero attached hydrogens (tertiary/aromatic N) is 4. The molecule has 126 valence electrons. The van der Waals surface area contributed by atoms with Crippen LogP contribution in [0.15, 0.2) is 0 Å². The van der Waals surface area contributed by atoms with Gasteiger partial charge in [-0.05, 0) is 44.4 Å². The maximum atomic E-state index is 12.3. The number of anilines is 1. The van der Waals surface area contributed by atoms with E-state index in [4.69, 9.17) is 4.98 Å². The zero-order valence-electron chi connectivity index (χ0n) is 13.9. The Bertz CT molecular complexity index is 559.